The van der Waals surface area contributed by atoms with Crippen molar-refractivity contribution < 1.29 is 13.6 Å². The van der Waals surface area contributed by atoms with Crippen molar-refractivity contribution in [1.29, 1.82) is 0 Å². The molecular weight excluding hydrogens is 381 g/mol. The van der Waals surface area contributed by atoms with Crippen LogP contribution in [0.4, 0.5) is 4.39 Å². The smallest absolute Gasteiger partial charge is 0.272 e. The van der Waals surface area contributed by atoms with Gasteiger partial charge >= 0.3 is 0 Å². The molecule has 5 rings (SSSR count). The highest BCUT2D eigenvalue weighted by Gasteiger charge is 2.26. The van der Waals surface area contributed by atoms with Gasteiger partial charge in [-0.15, -0.1) is 0 Å². The number of fused-ring (bicyclic) bond motifs is 1. The molecule has 1 aliphatic rings. The molecule has 0 radical (unpaired) electrons. The predicted octanol–water partition coefficient (Wildman–Crippen LogP) is 4.78. The second-order valence-corrected chi connectivity index (χ2v) is 7.46. The lowest BCUT2D eigenvalue weighted by atomic mass is 10.00. The number of carbonyl (C=O) groups excluding carboxylic acids is 1. The zero-order valence-electron chi connectivity index (χ0n) is 16.5. The van der Waals surface area contributed by atoms with Crippen LogP contribution < -0.4 is 0 Å². The number of nitrogens with zero attached hydrogens (tertiary/aromatic N) is 3. The first kappa shape index (κ1) is 18.4. The minimum atomic E-state index is -0.340. The van der Waals surface area contributed by atoms with Crippen LogP contribution >= 0.6 is 0 Å². The molecule has 0 atom stereocenters. The Labute approximate surface area is 173 Å². The fourth-order valence-electron chi connectivity index (χ4n) is 3.84. The Morgan fingerprint density at radius 2 is 1.80 bits per heavy atom. The Morgan fingerprint density at radius 3 is 2.53 bits per heavy atom. The van der Waals surface area contributed by atoms with Crippen LogP contribution in [0.25, 0.3) is 17.1 Å². The largest absolute Gasteiger partial charge is 0.460 e. The maximum absolute atomic E-state index is 13.5. The SMILES string of the molecule is Cc1ccc(-c2cc(C(=O)N3CCc4ccccc4C3)n(-c3ccc(F)cc3)n2)o1. The number of aryl methyl sites for hydroxylation is 1. The average molecular weight is 401 g/mol. The molecule has 1 aliphatic heterocycles. The van der Waals surface area contributed by atoms with Crippen LogP contribution in [-0.2, 0) is 13.0 Å². The Bertz CT molecular complexity index is 1220. The molecular formula is C24H20FN3O2. The van der Waals surface area contributed by atoms with Gasteiger partial charge < -0.3 is 9.32 Å². The monoisotopic (exact) mass is 401 g/mol. The topological polar surface area (TPSA) is 51.3 Å². The van der Waals surface area contributed by atoms with Gasteiger partial charge in [0.2, 0.25) is 0 Å². The molecule has 0 aliphatic carbocycles. The minimum Gasteiger partial charge on any atom is -0.460 e. The van der Waals surface area contributed by atoms with E-state index in [1.165, 1.54) is 17.7 Å². The molecule has 0 bridgehead atoms. The maximum Gasteiger partial charge on any atom is 0.272 e. The van der Waals surface area contributed by atoms with Crippen molar-refractivity contribution in [1.82, 2.24) is 14.7 Å². The minimum absolute atomic E-state index is 0.115. The van der Waals surface area contributed by atoms with Crippen molar-refractivity contribution in [3.8, 4) is 17.1 Å². The first-order valence-electron chi connectivity index (χ1n) is 9.87. The molecule has 0 saturated carbocycles. The Kier molecular flexibility index (Phi) is 4.47. The summed E-state index contributed by atoms with van der Waals surface area (Å²) in [5.41, 5.74) is 4.04. The van der Waals surface area contributed by atoms with Crippen LogP contribution in [0.2, 0.25) is 0 Å². The summed E-state index contributed by atoms with van der Waals surface area (Å²) in [5, 5.41) is 4.61. The summed E-state index contributed by atoms with van der Waals surface area (Å²) < 4.78 is 20.7. The zero-order chi connectivity index (χ0) is 20.7. The lowest BCUT2D eigenvalue weighted by Crippen LogP contribution is -2.37. The molecule has 3 heterocycles. The summed E-state index contributed by atoms with van der Waals surface area (Å²) in [7, 11) is 0. The van der Waals surface area contributed by atoms with Crippen LogP contribution in [0.15, 0.2) is 71.1 Å². The third kappa shape index (κ3) is 3.30. The van der Waals surface area contributed by atoms with Gasteiger partial charge in [0.05, 0.1) is 5.69 Å². The third-order valence-electron chi connectivity index (χ3n) is 5.41. The van der Waals surface area contributed by atoms with Crippen LogP contribution in [0, 0.1) is 12.7 Å². The number of hydrogen-bond acceptors (Lipinski definition) is 3. The predicted molar refractivity (Wildman–Crippen MR) is 111 cm³/mol. The number of benzene rings is 2. The lowest BCUT2D eigenvalue weighted by Gasteiger charge is -2.29. The molecule has 4 aromatic rings. The number of amides is 1. The number of furan rings is 1. The molecule has 2 aromatic heterocycles. The van der Waals surface area contributed by atoms with Crippen LogP contribution in [0.1, 0.15) is 27.4 Å². The van der Waals surface area contributed by atoms with Crippen molar-refractivity contribution >= 4 is 5.91 Å². The summed E-state index contributed by atoms with van der Waals surface area (Å²) in [4.78, 5) is 15.3. The van der Waals surface area contributed by atoms with Gasteiger partial charge in [-0.25, -0.2) is 9.07 Å². The summed E-state index contributed by atoms with van der Waals surface area (Å²) in [6, 6.07) is 19.6. The van der Waals surface area contributed by atoms with Crippen molar-refractivity contribution in [2.45, 2.75) is 19.9 Å². The van der Waals surface area contributed by atoms with Gasteiger partial charge in [-0.2, -0.15) is 5.10 Å². The normalized spacial score (nSPS) is 13.3. The second-order valence-electron chi connectivity index (χ2n) is 7.46. The number of rotatable bonds is 3. The number of aromatic nitrogens is 2. The van der Waals surface area contributed by atoms with E-state index in [4.69, 9.17) is 4.42 Å². The number of carbonyl (C=O) groups is 1. The van der Waals surface area contributed by atoms with Gasteiger partial charge in [0.1, 0.15) is 23.0 Å². The molecule has 0 saturated heterocycles. The van der Waals surface area contributed by atoms with Gasteiger partial charge in [0.15, 0.2) is 5.76 Å². The van der Waals surface area contributed by atoms with E-state index in [1.807, 2.05) is 36.1 Å². The molecule has 0 unspecified atom stereocenters. The number of halogens is 1. The highest BCUT2D eigenvalue weighted by molar-refractivity contribution is 5.94. The van der Waals surface area contributed by atoms with Gasteiger partial charge in [-0.1, -0.05) is 24.3 Å². The fraction of sp³-hybridized carbons (Fsp3) is 0.167. The Hall–Kier alpha value is -3.67. The highest BCUT2D eigenvalue weighted by atomic mass is 19.1. The molecule has 0 fully saturated rings. The maximum atomic E-state index is 13.5. The van der Waals surface area contributed by atoms with Gasteiger partial charge in [0.25, 0.3) is 5.91 Å². The van der Waals surface area contributed by atoms with E-state index < -0.39 is 0 Å². The summed E-state index contributed by atoms with van der Waals surface area (Å²) in [5.74, 6) is 0.900. The molecule has 5 nitrogen and oxygen atoms in total. The van der Waals surface area contributed by atoms with E-state index in [9.17, 15) is 9.18 Å². The standard InChI is InChI=1S/C24H20FN3O2/c1-16-6-11-23(30-16)21-14-22(28(26-21)20-9-7-19(25)8-10-20)24(29)27-13-12-17-4-2-3-5-18(17)15-27/h2-11,14H,12-13,15H2,1H3. The van der Waals surface area contributed by atoms with Gasteiger partial charge in [-0.05, 0) is 60.9 Å². The van der Waals surface area contributed by atoms with Crippen molar-refractivity contribution in [2.75, 3.05) is 6.54 Å². The molecule has 150 valence electrons. The van der Waals surface area contributed by atoms with Crippen LogP contribution in [-0.4, -0.2) is 27.1 Å². The van der Waals surface area contributed by atoms with E-state index in [1.54, 1.807) is 22.9 Å². The van der Waals surface area contributed by atoms with Gasteiger partial charge in [0, 0.05) is 19.2 Å². The molecule has 1 amide bonds. The van der Waals surface area contributed by atoms with E-state index in [2.05, 4.69) is 17.2 Å². The first-order chi connectivity index (χ1) is 14.6. The van der Waals surface area contributed by atoms with Crippen molar-refractivity contribution in [3.05, 3.63) is 95.1 Å². The van der Waals surface area contributed by atoms with E-state index >= 15 is 0 Å². The number of hydrogen-bond donors (Lipinski definition) is 0. The Balaban J connectivity index is 1.55. The first-order valence-corrected chi connectivity index (χ1v) is 9.87. The van der Waals surface area contributed by atoms with Crippen LogP contribution in [0.5, 0.6) is 0 Å². The summed E-state index contributed by atoms with van der Waals surface area (Å²) in [6.45, 7) is 3.05. The second kappa shape index (κ2) is 7.30. The quantitative estimate of drug-likeness (QED) is 0.497. The molecule has 6 heteroatoms. The van der Waals surface area contributed by atoms with Gasteiger partial charge in [-0.3, -0.25) is 4.79 Å². The summed E-state index contributed by atoms with van der Waals surface area (Å²) >= 11 is 0. The summed E-state index contributed by atoms with van der Waals surface area (Å²) in [6.07, 6.45) is 0.816. The molecule has 2 aromatic carbocycles. The van der Waals surface area contributed by atoms with Crippen LogP contribution in [0.3, 0.4) is 0 Å². The van der Waals surface area contributed by atoms with E-state index in [0.717, 1.165) is 17.7 Å². The molecule has 0 N–H and O–H groups in total. The Morgan fingerprint density at radius 1 is 1.03 bits per heavy atom. The average Bonchev–Trinajstić information content (AvgIpc) is 3.40. The lowest BCUT2D eigenvalue weighted by molar-refractivity contribution is 0.0725. The van der Waals surface area contributed by atoms with E-state index in [0.29, 0.717) is 35.9 Å². The third-order valence-corrected chi connectivity index (χ3v) is 5.41. The van der Waals surface area contributed by atoms with E-state index in [-0.39, 0.29) is 11.7 Å². The molecule has 0 spiro atoms. The fourth-order valence-corrected chi connectivity index (χ4v) is 3.84. The highest BCUT2D eigenvalue weighted by Crippen LogP contribution is 2.26. The zero-order valence-corrected chi connectivity index (χ0v) is 16.5. The molecule has 30 heavy (non-hydrogen) atoms. The van der Waals surface area contributed by atoms with Crippen molar-refractivity contribution in [3.63, 3.8) is 0 Å². The van der Waals surface area contributed by atoms with Crippen molar-refractivity contribution in [2.24, 2.45) is 0 Å².